The van der Waals surface area contributed by atoms with E-state index in [0.29, 0.717) is 17.5 Å². The smallest absolute Gasteiger partial charge is 0.264 e. The molecule has 156 valence electrons. The second-order valence-electron chi connectivity index (χ2n) is 6.34. The summed E-state index contributed by atoms with van der Waals surface area (Å²) in [4.78, 5) is 12.1. The van der Waals surface area contributed by atoms with Crippen LogP contribution in [0.5, 0.6) is 5.75 Å². The van der Waals surface area contributed by atoms with Crippen molar-refractivity contribution in [3.63, 3.8) is 0 Å². The molecule has 0 radical (unpaired) electrons. The quantitative estimate of drug-likeness (QED) is 0.208. The first-order valence-electron chi connectivity index (χ1n) is 9.14. The van der Waals surface area contributed by atoms with Crippen LogP contribution in [0.3, 0.4) is 0 Å². The van der Waals surface area contributed by atoms with Gasteiger partial charge in [-0.1, -0.05) is 53.7 Å². The van der Waals surface area contributed by atoms with Crippen molar-refractivity contribution in [2.45, 2.75) is 18.6 Å². The molecule has 1 aromatic heterocycles. The Morgan fingerprint density at radius 1 is 1.23 bits per heavy atom. The third-order valence-electron chi connectivity index (χ3n) is 4.11. The molecule has 0 aliphatic heterocycles. The number of hydrogen-bond donors (Lipinski definition) is 3. The van der Waals surface area contributed by atoms with Crippen molar-refractivity contribution >= 4 is 29.8 Å². The zero-order valence-corrected chi connectivity index (χ0v) is 17.5. The highest BCUT2D eigenvalue weighted by Crippen LogP contribution is 2.17. The first kappa shape index (κ1) is 21.2. The van der Waals surface area contributed by atoms with Gasteiger partial charge in [-0.05, 0) is 24.6 Å². The number of aryl methyl sites for hydroxylation is 1. The minimum Gasteiger partial charge on any atom is -0.496 e. The first-order chi connectivity index (χ1) is 14.6. The van der Waals surface area contributed by atoms with Crippen molar-refractivity contribution in [1.82, 2.24) is 20.2 Å². The molecule has 0 spiro atoms. The molecule has 30 heavy (non-hydrogen) atoms. The van der Waals surface area contributed by atoms with Crippen LogP contribution in [0.2, 0.25) is 0 Å². The van der Waals surface area contributed by atoms with E-state index >= 15 is 0 Å². The number of rotatable bonds is 9. The number of nitrogens with two attached hydrogens (primary N) is 1. The van der Waals surface area contributed by atoms with Crippen LogP contribution < -0.4 is 21.3 Å². The second-order valence-corrected chi connectivity index (χ2v) is 7.28. The number of anilines is 1. The highest BCUT2D eigenvalue weighted by molar-refractivity contribution is 7.99. The average Bonchev–Trinajstić information content (AvgIpc) is 3.11. The highest BCUT2D eigenvalue weighted by Gasteiger charge is 2.12. The molecule has 0 aliphatic rings. The Kier molecular flexibility index (Phi) is 7.28. The molecule has 0 fully saturated rings. The number of aromatic nitrogens is 3. The lowest BCUT2D eigenvalue weighted by atomic mass is 10.1. The van der Waals surface area contributed by atoms with Gasteiger partial charge in [0.1, 0.15) is 5.75 Å². The van der Waals surface area contributed by atoms with Crippen molar-refractivity contribution < 1.29 is 9.53 Å². The van der Waals surface area contributed by atoms with Gasteiger partial charge in [0.25, 0.3) is 5.95 Å². The third-order valence-corrected chi connectivity index (χ3v) is 5.06. The monoisotopic (exact) mass is 425 g/mol. The lowest BCUT2D eigenvalue weighted by molar-refractivity contribution is -0.118. The zero-order chi connectivity index (χ0) is 21.3. The van der Waals surface area contributed by atoms with Crippen molar-refractivity contribution in [3.8, 4) is 5.75 Å². The van der Waals surface area contributed by atoms with E-state index in [-0.39, 0.29) is 17.6 Å². The topological polar surface area (TPSA) is 119 Å². The number of hydrogen-bond acceptors (Lipinski definition) is 8. The van der Waals surface area contributed by atoms with Gasteiger partial charge >= 0.3 is 0 Å². The number of thioether (sulfide) groups is 1. The molecule has 0 bridgehead atoms. The van der Waals surface area contributed by atoms with E-state index < -0.39 is 0 Å². The summed E-state index contributed by atoms with van der Waals surface area (Å²) in [6, 6.07) is 15.5. The zero-order valence-electron chi connectivity index (χ0n) is 16.7. The van der Waals surface area contributed by atoms with Gasteiger partial charge in [-0.15, -0.1) is 10.2 Å². The lowest BCUT2D eigenvalue weighted by Crippen LogP contribution is -2.25. The summed E-state index contributed by atoms with van der Waals surface area (Å²) in [5.74, 6) is 6.99. The molecule has 3 rings (SSSR count). The molecular formula is C20H23N7O2S. The van der Waals surface area contributed by atoms with E-state index in [9.17, 15) is 4.79 Å². The van der Waals surface area contributed by atoms with Gasteiger partial charge in [-0.2, -0.15) is 5.10 Å². The predicted molar refractivity (Wildman–Crippen MR) is 118 cm³/mol. The van der Waals surface area contributed by atoms with E-state index in [4.69, 9.17) is 10.6 Å². The number of benzene rings is 2. The largest absolute Gasteiger partial charge is 0.496 e. The summed E-state index contributed by atoms with van der Waals surface area (Å²) < 4.78 is 6.51. The number of amides is 1. The van der Waals surface area contributed by atoms with Gasteiger partial charge < -0.3 is 15.9 Å². The van der Waals surface area contributed by atoms with Crippen LogP contribution in [0.15, 0.2) is 58.8 Å². The minimum atomic E-state index is -0.118. The van der Waals surface area contributed by atoms with Crippen LogP contribution in [0.25, 0.3) is 0 Å². The number of ether oxygens (including phenoxy) is 1. The van der Waals surface area contributed by atoms with E-state index in [1.165, 1.54) is 22.0 Å². The summed E-state index contributed by atoms with van der Waals surface area (Å²) in [6.07, 6.45) is 1.60. The Morgan fingerprint density at radius 3 is 2.77 bits per heavy atom. The summed E-state index contributed by atoms with van der Waals surface area (Å²) in [7, 11) is 1.59. The van der Waals surface area contributed by atoms with E-state index in [1.807, 2.05) is 55.5 Å². The molecule has 3 aromatic rings. The highest BCUT2D eigenvalue weighted by atomic mass is 32.2. The van der Waals surface area contributed by atoms with Crippen LogP contribution in [-0.4, -0.2) is 39.9 Å². The average molecular weight is 426 g/mol. The van der Waals surface area contributed by atoms with Gasteiger partial charge in [0.2, 0.25) is 11.1 Å². The van der Waals surface area contributed by atoms with Crippen molar-refractivity contribution in [1.29, 1.82) is 0 Å². The third kappa shape index (κ3) is 5.74. The maximum absolute atomic E-state index is 12.1. The molecule has 0 saturated carbocycles. The Hall–Kier alpha value is -3.53. The first-order valence-corrected chi connectivity index (χ1v) is 10.1. The van der Waals surface area contributed by atoms with E-state index in [0.717, 1.165) is 11.1 Å². The fourth-order valence-corrected chi connectivity index (χ4v) is 3.16. The molecule has 2 aromatic carbocycles. The predicted octanol–water partition coefficient (Wildman–Crippen LogP) is 2.16. The minimum absolute atomic E-state index is 0.118. The fourth-order valence-electron chi connectivity index (χ4n) is 2.47. The molecule has 1 amide bonds. The molecule has 0 aliphatic carbocycles. The molecule has 4 N–H and O–H groups in total. The van der Waals surface area contributed by atoms with Crippen LogP contribution in [-0.2, 0) is 11.3 Å². The van der Waals surface area contributed by atoms with Crippen LogP contribution in [0, 0.1) is 6.92 Å². The number of nitrogens with one attached hydrogen (secondary N) is 2. The summed E-state index contributed by atoms with van der Waals surface area (Å²) in [6.45, 7) is 2.49. The summed E-state index contributed by atoms with van der Waals surface area (Å²) in [5, 5.41) is 15.3. The standard InChI is InChI=1S/C20H23N7O2S/c1-14-7-9-15(10-8-14)11-22-18(28)13-30-20-26-25-19(27(20)21)24-23-12-16-5-3-4-6-17(16)29-2/h3-10,12H,11,13,21H2,1-2H3,(H,22,28)(H,24,25)/b23-12+. The second kappa shape index (κ2) is 10.3. The lowest BCUT2D eigenvalue weighted by Gasteiger charge is -2.06. The molecule has 0 unspecified atom stereocenters. The van der Waals surface area contributed by atoms with Gasteiger partial charge in [-0.25, -0.2) is 10.1 Å². The SMILES string of the molecule is COc1ccccc1/C=N/Nc1nnc(SCC(=O)NCc2ccc(C)cc2)n1N. The number of para-hydroxylation sites is 1. The number of nitrogens with zero attached hydrogens (tertiary/aromatic N) is 4. The van der Waals surface area contributed by atoms with Gasteiger partial charge in [0, 0.05) is 12.1 Å². The fraction of sp³-hybridized carbons (Fsp3) is 0.200. The molecule has 0 atom stereocenters. The van der Waals surface area contributed by atoms with Crippen molar-refractivity contribution in [3.05, 3.63) is 65.2 Å². The number of nitrogen functional groups attached to an aromatic ring is 1. The van der Waals surface area contributed by atoms with Crippen molar-refractivity contribution in [2.75, 3.05) is 24.1 Å². The molecule has 1 heterocycles. The van der Waals surface area contributed by atoms with E-state index in [2.05, 4.69) is 26.0 Å². The van der Waals surface area contributed by atoms with E-state index in [1.54, 1.807) is 13.3 Å². The number of hydrazone groups is 1. The molecule has 0 saturated heterocycles. The van der Waals surface area contributed by atoms with Gasteiger partial charge in [0.05, 0.1) is 19.1 Å². The number of methoxy groups -OCH3 is 1. The Labute approximate surface area is 178 Å². The van der Waals surface area contributed by atoms with Crippen LogP contribution >= 0.6 is 11.8 Å². The van der Waals surface area contributed by atoms with Gasteiger partial charge in [0.15, 0.2) is 0 Å². The van der Waals surface area contributed by atoms with Crippen molar-refractivity contribution in [2.24, 2.45) is 5.10 Å². The normalized spacial score (nSPS) is 10.9. The Balaban J connectivity index is 1.49. The molecule has 9 nitrogen and oxygen atoms in total. The maximum atomic E-state index is 12.1. The molecule has 10 heteroatoms. The summed E-state index contributed by atoms with van der Waals surface area (Å²) >= 11 is 1.19. The van der Waals surface area contributed by atoms with Crippen LogP contribution in [0.4, 0.5) is 5.95 Å². The molecular weight excluding hydrogens is 402 g/mol. The maximum Gasteiger partial charge on any atom is 0.264 e. The van der Waals surface area contributed by atoms with Crippen LogP contribution in [0.1, 0.15) is 16.7 Å². The summed E-state index contributed by atoms with van der Waals surface area (Å²) in [5.41, 5.74) is 5.76. The Morgan fingerprint density at radius 2 is 2.00 bits per heavy atom. The Bertz CT molecular complexity index is 1020. The number of carbonyl (C=O) groups excluding carboxylic acids is 1. The van der Waals surface area contributed by atoms with Gasteiger partial charge in [-0.3, -0.25) is 4.79 Å². The number of carbonyl (C=O) groups is 1.